The highest BCUT2D eigenvalue weighted by Crippen LogP contribution is 2.23. The molecule has 0 saturated carbocycles. The number of aliphatic hydroxyl groups is 1. The van der Waals surface area contributed by atoms with Crippen LogP contribution in [-0.2, 0) is 25.5 Å². The van der Waals surface area contributed by atoms with E-state index in [9.17, 15) is 19.5 Å². The van der Waals surface area contributed by atoms with Crippen LogP contribution in [0.25, 0.3) is 10.9 Å². The summed E-state index contributed by atoms with van der Waals surface area (Å²) in [4.78, 5) is 40.5. The summed E-state index contributed by atoms with van der Waals surface area (Å²) >= 11 is 0. The van der Waals surface area contributed by atoms with Crippen molar-refractivity contribution in [2.45, 2.75) is 51.3 Å². The van der Waals surface area contributed by atoms with Crippen molar-refractivity contribution in [1.82, 2.24) is 15.6 Å². The average Bonchev–Trinajstić information content (AvgIpc) is 3.06. The molecule has 2 amide bonds. The normalized spacial score (nSPS) is 14.5. The third kappa shape index (κ3) is 5.73. The molecule has 0 unspecified atom stereocenters. The van der Waals surface area contributed by atoms with Crippen LogP contribution in [0.1, 0.15) is 33.3 Å². The molecule has 1 heterocycles. The summed E-state index contributed by atoms with van der Waals surface area (Å²) in [7, 11) is 1.15. The van der Waals surface area contributed by atoms with E-state index in [4.69, 9.17) is 4.74 Å². The van der Waals surface area contributed by atoms with Gasteiger partial charge in [-0.15, -0.1) is 0 Å². The number of nitrogens with one attached hydrogen (secondary N) is 3. The molecule has 0 spiro atoms. The monoisotopic (exact) mass is 419 g/mol. The highest BCUT2D eigenvalue weighted by molar-refractivity contribution is 5.94. The number of aromatic nitrogens is 1. The van der Waals surface area contributed by atoms with Gasteiger partial charge in [-0.1, -0.05) is 18.2 Å². The number of amides is 2. The summed E-state index contributed by atoms with van der Waals surface area (Å²) in [5.41, 5.74) is -0.565. The van der Waals surface area contributed by atoms with Crippen molar-refractivity contribution in [2.24, 2.45) is 0 Å². The summed E-state index contributed by atoms with van der Waals surface area (Å²) < 4.78 is 9.91. The second kappa shape index (κ2) is 9.17. The Morgan fingerprint density at radius 1 is 1.17 bits per heavy atom. The van der Waals surface area contributed by atoms with Gasteiger partial charge in [-0.2, -0.15) is 0 Å². The molecule has 2 rings (SSSR count). The molecule has 9 nitrogen and oxygen atoms in total. The maximum atomic E-state index is 13.1. The molecule has 30 heavy (non-hydrogen) atoms. The maximum absolute atomic E-state index is 13.1. The minimum absolute atomic E-state index is 0.113. The van der Waals surface area contributed by atoms with Crippen LogP contribution in [0.2, 0.25) is 0 Å². The lowest BCUT2D eigenvalue weighted by molar-refractivity contribution is -0.147. The minimum atomic E-state index is -1.48. The number of carbonyl (C=O) groups excluding carboxylic acids is 3. The topological polar surface area (TPSA) is 130 Å². The second-order valence-corrected chi connectivity index (χ2v) is 8.23. The first-order chi connectivity index (χ1) is 14.0. The van der Waals surface area contributed by atoms with Crippen LogP contribution in [0.4, 0.5) is 4.79 Å². The number of fused-ring (bicyclic) bond motifs is 1. The molecule has 9 heteroatoms. The lowest BCUT2D eigenvalue weighted by Gasteiger charge is -2.32. The van der Waals surface area contributed by atoms with E-state index in [0.29, 0.717) is 0 Å². The van der Waals surface area contributed by atoms with Crippen LogP contribution >= 0.6 is 0 Å². The molecule has 4 N–H and O–H groups in total. The van der Waals surface area contributed by atoms with Crippen molar-refractivity contribution in [1.29, 1.82) is 0 Å². The molecule has 0 aliphatic carbocycles. The predicted molar refractivity (Wildman–Crippen MR) is 111 cm³/mol. The molecule has 0 radical (unpaired) electrons. The zero-order valence-corrected chi connectivity index (χ0v) is 17.9. The van der Waals surface area contributed by atoms with Gasteiger partial charge in [0, 0.05) is 23.5 Å². The molecule has 0 saturated heterocycles. The van der Waals surface area contributed by atoms with Crippen molar-refractivity contribution in [3.05, 3.63) is 36.0 Å². The number of aromatic amines is 1. The van der Waals surface area contributed by atoms with E-state index in [1.807, 2.05) is 24.3 Å². The van der Waals surface area contributed by atoms with E-state index >= 15 is 0 Å². The fraction of sp³-hybridized carbons (Fsp3) is 0.476. The number of carbonyl (C=O) groups is 3. The third-order valence-corrected chi connectivity index (χ3v) is 4.47. The molecular weight excluding hydrogens is 390 g/mol. The third-order valence-electron chi connectivity index (χ3n) is 4.47. The lowest BCUT2D eigenvalue weighted by Crippen LogP contribution is -2.61. The first-order valence-corrected chi connectivity index (χ1v) is 9.55. The number of benzene rings is 1. The van der Waals surface area contributed by atoms with Gasteiger partial charge in [0.15, 0.2) is 6.04 Å². The number of alkyl carbamates (subject to hydrolysis) is 1. The van der Waals surface area contributed by atoms with Crippen molar-refractivity contribution in [3.63, 3.8) is 0 Å². The first kappa shape index (κ1) is 23.2. The largest absolute Gasteiger partial charge is 0.467 e. The van der Waals surface area contributed by atoms with Gasteiger partial charge in [0.05, 0.1) is 13.7 Å². The fourth-order valence-corrected chi connectivity index (χ4v) is 3.01. The zero-order chi connectivity index (χ0) is 22.5. The Hall–Kier alpha value is -3.07. The van der Waals surface area contributed by atoms with Crippen LogP contribution in [0.5, 0.6) is 0 Å². The van der Waals surface area contributed by atoms with Gasteiger partial charge in [0.1, 0.15) is 11.1 Å². The SMILES string of the molecule is COC(=O)[C@H](CO)NC(=O)[C@](C)(Cc1c[nH]c2ccccc12)NC(=O)OC(C)(C)C. The number of aliphatic hydroxyl groups excluding tert-OH is 1. The van der Waals surface area contributed by atoms with E-state index in [2.05, 4.69) is 20.4 Å². The molecule has 2 aromatic rings. The molecule has 2 atom stereocenters. The highest BCUT2D eigenvalue weighted by Gasteiger charge is 2.39. The van der Waals surface area contributed by atoms with Crippen molar-refractivity contribution < 1.29 is 29.0 Å². The summed E-state index contributed by atoms with van der Waals surface area (Å²) in [6.45, 7) is 6.02. The standard InChI is InChI=1S/C21H29N3O6/c1-20(2,3)30-19(28)24-21(4,18(27)23-16(12-25)17(26)29-5)10-13-11-22-15-9-7-6-8-14(13)15/h6-9,11,16,22,25H,10,12H2,1-5H3,(H,23,27)(H,24,28)/t16-,21-/m0/s1. The van der Waals surface area contributed by atoms with E-state index in [1.54, 1.807) is 27.0 Å². The van der Waals surface area contributed by atoms with Gasteiger partial charge in [0.2, 0.25) is 5.91 Å². The van der Waals surface area contributed by atoms with Gasteiger partial charge in [-0.05, 0) is 39.3 Å². The Morgan fingerprint density at radius 2 is 1.83 bits per heavy atom. The summed E-state index contributed by atoms with van der Waals surface area (Å²) in [6.07, 6.45) is 1.09. The quantitative estimate of drug-likeness (QED) is 0.505. The van der Waals surface area contributed by atoms with Crippen molar-refractivity contribution in [3.8, 4) is 0 Å². The molecular formula is C21H29N3O6. The lowest BCUT2D eigenvalue weighted by atomic mass is 9.91. The van der Waals surface area contributed by atoms with Crippen LogP contribution < -0.4 is 10.6 Å². The fourth-order valence-electron chi connectivity index (χ4n) is 3.01. The number of hydrogen-bond acceptors (Lipinski definition) is 6. The molecule has 0 fully saturated rings. The van der Waals surface area contributed by atoms with Crippen molar-refractivity contribution in [2.75, 3.05) is 13.7 Å². The Morgan fingerprint density at radius 3 is 2.43 bits per heavy atom. The second-order valence-electron chi connectivity index (χ2n) is 8.23. The number of methoxy groups -OCH3 is 1. The Labute approximate surface area is 175 Å². The number of H-pyrrole nitrogens is 1. The van der Waals surface area contributed by atoms with Gasteiger partial charge < -0.3 is 30.2 Å². The summed E-state index contributed by atoms with van der Waals surface area (Å²) in [5.74, 6) is -1.46. The molecule has 1 aromatic carbocycles. The van der Waals surface area contributed by atoms with Crippen molar-refractivity contribution >= 4 is 28.9 Å². The van der Waals surface area contributed by atoms with Gasteiger partial charge in [-0.3, -0.25) is 4.79 Å². The van der Waals surface area contributed by atoms with Crippen LogP contribution in [0.3, 0.4) is 0 Å². The molecule has 0 aliphatic rings. The number of esters is 1. The minimum Gasteiger partial charge on any atom is -0.467 e. The molecule has 1 aromatic heterocycles. The van der Waals surface area contributed by atoms with E-state index in [1.165, 1.54) is 6.92 Å². The van der Waals surface area contributed by atoms with Gasteiger partial charge >= 0.3 is 12.1 Å². The Balaban J connectivity index is 2.34. The van der Waals surface area contributed by atoms with Gasteiger partial charge in [0.25, 0.3) is 0 Å². The molecule has 0 aliphatic heterocycles. The van der Waals surface area contributed by atoms with Gasteiger partial charge in [-0.25, -0.2) is 9.59 Å². The first-order valence-electron chi connectivity index (χ1n) is 9.55. The van der Waals surface area contributed by atoms with E-state index < -0.39 is 41.8 Å². The number of para-hydroxylation sites is 1. The number of rotatable bonds is 7. The van der Waals surface area contributed by atoms with Crippen LogP contribution in [0, 0.1) is 0 Å². The number of ether oxygens (including phenoxy) is 2. The average molecular weight is 419 g/mol. The summed E-state index contributed by atoms with van der Waals surface area (Å²) in [5, 5.41) is 15.4. The number of hydrogen-bond donors (Lipinski definition) is 4. The summed E-state index contributed by atoms with van der Waals surface area (Å²) in [6, 6.07) is 6.30. The van der Waals surface area contributed by atoms with Crippen LogP contribution in [0.15, 0.2) is 30.5 Å². The Kier molecular flexibility index (Phi) is 7.09. The maximum Gasteiger partial charge on any atom is 0.408 e. The highest BCUT2D eigenvalue weighted by atomic mass is 16.6. The molecule has 0 bridgehead atoms. The van der Waals surface area contributed by atoms with E-state index in [0.717, 1.165) is 23.6 Å². The predicted octanol–water partition coefficient (Wildman–Crippen LogP) is 1.64. The smallest absolute Gasteiger partial charge is 0.408 e. The Bertz CT molecular complexity index is 917. The van der Waals surface area contributed by atoms with E-state index in [-0.39, 0.29) is 6.42 Å². The van der Waals surface area contributed by atoms with Crippen LogP contribution in [-0.4, -0.2) is 59.0 Å². The molecule has 164 valence electrons. The zero-order valence-electron chi connectivity index (χ0n) is 17.9.